The van der Waals surface area contributed by atoms with Gasteiger partial charge < -0.3 is 20.1 Å². The number of β-amino-alcohol motifs (C(OH)–C–C–N with tert-alkyl or cyclic N) is 1. The number of likely N-dealkylation sites (tertiary alicyclic amines) is 2. The lowest BCUT2D eigenvalue weighted by atomic mass is 9.80. The van der Waals surface area contributed by atoms with Crippen LogP contribution in [0, 0.1) is 23.5 Å². The van der Waals surface area contributed by atoms with E-state index in [-0.39, 0.29) is 23.3 Å². The number of piperidine rings is 2. The number of fused-ring (bicyclic) bond motifs is 1. The van der Waals surface area contributed by atoms with Crippen molar-refractivity contribution in [1.82, 2.24) is 14.8 Å². The van der Waals surface area contributed by atoms with Crippen LogP contribution in [0.5, 0.6) is 0 Å². The molecular weight excluding hydrogens is 504 g/mol. The molecule has 9 heteroatoms. The van der Waals surface area contributed by atoms with E-state index in [1.807, 2.05) is 35.4 Å². The molecule has 3 N–H and O–H groups in total. The molecule has 1 amide bonds. The summed E-state index contributed by atoms with van der Waals surface area (Å²) in [6.45, 7) is 2.42. The van der Waals surface area contributed by atoms with Gasteiger partial charge in [-0.1, -0.05) is 18.2 Å². The van der Waals surface area contributed by atoms with Crippen LogP contribution in [0.1, 0.15) is 36.3 Å². The molecule has 3 aromatic rings. The van der Waals surface area contributed by atoms with E-state index in [2.05, 4.69) is 4.98 Å². The third-order valence-corrected chi connectivity index (χ3v) is 8.18. The first-order valence-corrected chi connectivity index (χ1v) is 13.4. The zero-order chi connectivity index (χ0) is 27.5. The highest BCUT2D eigenvalue weighted by Crippen LogP contribution is 2.37. The largest absolute Gasteiger partial charge is 0.481 e. The topological polar surface area (TPSA) is 96.9 Å². The van der Waals surface area contributed by atoms with Crippen LogP contribution in [0.25, 0.3) is 17.0 Å². The number of H-pyrrole nitrogens is 1. The number of carboxylic acids is 1. The number of carbonyl (C=O) groups is 2. The number of hydrogen-bond acceptors (Lipinski definition) is 4. The van der Waals surface area contributed by atoms with Crippen molar-refractivity contribution in [2.75, 3.05) is 32.7 Å². The number of carbonyl (C=O) groups excluding carboxylic acids is 1. The number of aliphatic hydroxyl groups is 1. The van der Waals surface area contributed by atoms with Gasteiger partial charge >= 0.3 is 5.97 Å². The molecule has 7 nitrogen and oxygen atoms in total. The Balaban J connectivity index is 1.14. The second-order valence-electron chi connectivity index (χ2n) is 10.7. The number of hydrogen-bond donors (Lipinski definition) is 3. The molecule has 0 spiro atoms. The number of para-hydroxylation sites is 1. The Labute approximate surface area is 225 Å². The van der Waals surface area contributed by atoms with Gasteiger partial charge in [-0.2, -0.15) is 0 Å². The van der Waals surface area contributed by atoms with Crippen molar-refractivity contribution >= 4 is 28.9 Å². The van der Waals surface area contributed by atoms with Crippen molar-refractivity contribution in [2.45, 2.75) is 31.3 Å². The van der Waals surface area contributed by atoms with E-state index in [0.29, 0.717) is 52.0 Å². The minimum atomic E-state index is -0.828. The number of aliphatic hydroxyl groups excluding tert-OH is 1. The molecule has 2 aliphatic heterocycles. The average Bonchev–Trinajstić information content (AvgIpc) is 3.35. The summed E-state index contributed by atoms with van der Waals surface area (Å²) in [5.41, 5.74) is 2.31. The van der Waals surface area contributed by atoms with Crippen molar-refractivity contribution in [3.63, 3.8) is 0 Å². The fourth-order valence-corrected chi connectivity index (χ4v) is 6.07. The minimum absolute atomic E-state index is 0.00460. The number of aromatic nitrogens is 1. The van der Waals surface area contributed by atoms with E-state index < -0.39 is 29.6 Å². The fourth-order valence-electron chi connectivity index (χ4n) is 6.07. The number of halogens is 2. The number of nitrogens with zero attached hydrogens (tertiary/aromatic N) is 2. The molecule has 3 heterocycles. The lowest BCUT2D eigenvalue weighted by Gasteiger charge is -2.40. The van der Waals surface area contributed by atoms with Crippen molar-refractivity contribution < 1.29 is 28.6 Å². The highest BCUT2D eigenvalue weighted by molar-refractivity contribution is 5.91. The Bertz CT molecular complexity index is 1340. The van der Waals surface area contributed by atoms with Gasteiger partial charge in [0.1, 0.15) is 11.6 Å². The predicted octanol–water partition coefficient (Wildman–Crippen LogP) is 4.25. The van der Waals surface area contributed by atoms with E-state index in [0.717, 1.165) is 34.7 Å². The van der Waals surface area contributed by atoms with Crippen LogP contribution in [0.15, 0.2) is 54.7 Å². The maximum absolute atomic E-state index is 13.4. The van der Waals surface area contributed by atoms with Gasteiger partial charge in [0.15, 0.2) is 0 Å². The van der Waals surface area contributed by atoms with Gasteiger partial charge in [-0.15, -0.1) is 0 Å². The molecule has 2 aromatic carbocycles. The van der Waals surface area contributed by atoms with Gasteiger partial charge in [-0.05, 0) is 67.1 Å². The molecule has 0 aliphatic carbocycles. The van der Waals surface area contributed by atoms with E-state index >= 15 is 0 Å². The number of rotatable bonds is 7. The fraction of sp³-hybridized carbons (Fsp3) is 0.400. The van der Waals surface area contributed by atoms with Gasteiger partial charge in [0.05, 0.1) is 12.0 Å². The summed E-state index contributed by atoms with van der Waals surface area (Å²) in [7, 11) is 0. The van der Waals surface area contributed by atoms with Crippen LogP contribution < -0.4 is 0 Å². The summed E-state index contributed by atoms with van der Waals surface area (Å²) in [6.07, 6.45) is 5.97. The van der Waals surface area contributed by atoms with E-state index in [1.165, 1.54) is 12.2 Å². The molecule has 0 radical (unpaired) electrons. The molecule has 0 saturated carbocycles. The van der Waals surface area contributed by atoms with E-state index in [9.17, 15) is 28.6 Å². The van der Waals surface area contributed by atoms with E-state index in [4.69, 9.17) is 0 Å². The summed E-state index contributed by atoms with van der Waals surface area (Å²) in [5, 5.41) is 22.1. The lowest BCUT2D eigenvalue weighted by molar-refractivity contribution is -0.144. The lowest BCUT2D eigenvalue weighted by Crippen LogP contribution is -2.48. The summed E-state index contributed by atoms with van der Waals surface area (Å²) >= 11 is 0. The second-order valence-corrected chi connectivity index (χ2v) is 10.7. The number of benzene rings is 2. The van der Waals surface area contributed by atoms with Crippen LogP contribution in [-0.4, -0.2) is 75.7 Å². The Morgan fingerprint density at radius 1 is 1.05 bits per heavy atom. The van der Waals surface area contributed by atoms with E-state index in [1.54, 1.807) is 4.90 Å². The first kappa shape index (κ1) is 27.0. The molecule has 0 bridgehead atoms. The Kier molecular flexibility index (Phi) is 8.09. The summed E-state index contributed by atoms with van der Waals surface area (Å²) in [4.78, 5) is 31.8. The SMILES string of the molecule is O=C(O)C1CN(CC(O)C2CCN(C(=O)/C=C/c3cc(F)cc(F)c3)CC2)CCC1c1c[nH]c2ccccc12. The maximum atomic E-state index is 13.4. The highest BCUT2D eigenvalue weighted by atomic mass is 19.1. The molecule has 3 atom stereocenters. The van der Waals surface area contributed by atoms with Crippen LogP contribution in [-0.2, 0) is 9.59 Å². The van der Waals surface area contributed by atoms with Crippen molar-refractivity contribution in [3.8, 4) is 0 Å². The molecular formula is C30H33F2N3O4. The molecule has 2 fully saturated rings. The van der Waals surface area contributed by atoms with Crippen molar-refractivity contribution in [2.24, 2.45) is 11.8 Å². The molecule has 2 saturated heterocycles. The average molecular weight is 538 g/mol. The normalized spacial score (nSPS) is 22.0. The summed E-state index contributed by atoms with van der Waals surface area (Å²) in [5.74, 6) is -3.13. The van der Waals surface area contributed by atoms with Gasteiger partial charge in [0.25, 0.3) is 0 Å². The summed E-state index contributed by atoms with van der Waals surface area (Å²) in [6, 6.07) is 11.0. The quantitative estimate of drug-likeness (QED) is 0.392. The van der Waals surface area contributed by atoms with Crippen LogP contribution in [0.4, 0.5) is 8.78 Å². The third-order valence-electron chi connectivity index (χ3n) is 8.18. The minimum Gasteiger partial charge on any atom is -0.481 e. The Morgan fingerprint density at radius 2 is 1.77 bits per heavy atom. The van der Waals surface area contributed by atoms with Crippen LogP contribution >= 0.6 is 0 Å². The zero-order valence-electron chi connectivity index (χ0n) is 21.6. The zero-order valence-corrected chi connectivity index (χ0v) is 21.6. The molecule has 2 aliphatic rings. The number of nitrogens with one attached hydrogen (secondary N) is 1. The van der Waals surface area contributed by atoms with Gasteiger partial charge in [-0.25, -0.2) is 8.78 Å². The number of aromatic amines is 1. The molecule has 1 aromatic heterocycles. The third kappa shape index (κ3) is 6.20. The Morgan fingerprint density at radius 3 is 2.49 bits per heavy atom. The van der Waals surface area contributed by atoms with Gasteiger partial charge in [0.2, 0.25) is 5.91 Å². The number of carboxylic acid groups (broad SMARTS) is 1. The van der Waals surface area contributed by atoms with Gasteiger partial charge in [-0.3, -0.25) is 14.5 Å². The standard InChI is InChI=1S/C30H33F2N3O4/c31-21-13-19(14-22(32)15-21)5-6-29(37)35-11-7-20(8-12-35)28(36)18-34-10-9-23(26(17-34)30(38)39)25-16-33-27-4-2-1-3-24(25)27/h1-6,13-16,20,23,26,28,33,36H,7-12,17-18H2,(H,38,39)/b6-5+. The first-order chi connectivity index (χ1) is 18.8. The molecule has 3 unspecified atom stereocenters. The maximum Gasteiger partial charge on any atom is 0.308 e. The van der Waals surface area contributed by atoms with Gasteiger partial charge in [0, 0.05) is 61.3 Å². The van der Waals surface area contributed by atoms with Crippen LogP contribution in [0.2, 0.25) is 0 Å². The molecule has 39 heavy (non-hydrogen) atoms. The molecule has 5 rings (SSSR count). The van der Waals surface area contributed by atoms with Crippen molar-refractivity contribution in [3.05, 3.63) is 77.5 Å². The Hall–Kier alpha value is -3.56. The summed E-state index contributed by atoms with van der Waals surface area (Å²) < 4.78 is 26.7. The van der Waals surface area contributed by atoms with Crippen molar-refractivity contribution in [1.29, 1.82) is 0 Å². The number of aliphatic carboxylic acids is 1. The monoisotopic (exact) mass is 537 g/mol. The van der Waals surface area contributed by atoms with Crippen LogP contribution in [0.3, 0.4) is 0 Å². The first-order valence-electron chi connectivity index (χ1n) is 13.4. The number of amides is 1. The second kappa shape index (κ2) is 11.7. The highest BCUT2D eigenvalue weighted by Gasteiger charge is 2.38. The smallest absolute Gasteiger partial charge is 0.308 e. The molecule has 206 valence electrons. The predicted molar refractivity (Wildman–Crippen MR) is 144 cm³/mol.